The molecule has 1 aliphatic carbocycles. The number of amides is 1. The molecular formula is C17H20FNO2. The molecule has 1 fully saturated rings. The van der Waals surface area contributed by atoms with Crippen molar-refractivity contribution < 1.29 is 13.9 Å². The van der Waals surface area contributed by atoms with E-state index in [9.17, 15) is 9.18 Å². The van der Waals surface area contributed by atoms with E-state index in [0.29, 0.717) is 32.0 Å². The standard InChI is InChI=1S/C17H20FNO2/c18-15-7-5-14(6-8-15)16-12-19(9-10-21-16)17(20)11-13-3-1-2-4-13/h1,3,5-8,13,16H,2,4,9-12H2. The molecule has 0 bridgehead atoms. The molecule has 2 atom stereocenters. The number of carbonyl (C=O) groups is 1. The Labute approximate surface area is 124 Å². The molecule has 0 radical (unpaired) electrons. The molecule has 1 aromatic rings. The molecule has 3 nitrogen and oxygen atoms in total. The predicted molar refractivity (Wildman–Crippen MR) is 78.2 cm³/mol. The summed E-state index contributed by atoms with van der Waals surface area (Å²) in [5.74, 6) is 0.335. The third kappa shape index (κ3) is 3.50. The number of hydrogen-bond acceptors (Lipinski definition) is 2. The zero-order chi connectivity index (χ0) is 14.7. The summed E-state index contributed by atoms with van der Waals surface area (Å²) in [7, 11) is 0. The van der Waals surface area contributed by atoms with Crippen molar-refractivity contribution in [3.63, 3.8) is 0 Å². The van der Waals surface area contributed by atoms with Gasteiger partial charge in [-0.3, -0.25) is 4.79 Å². The summed E-state index contributed by atoms with van der Waals surface area (Å²) < 4.78 is 18.7. The number of benzene rings is 1. The van der Waals surface area contributed by atoms with Gasteiger partial charge in [-0.1, -0.05) is 24.3 Å². The molecule has 3 rings (SSSR count). The van der Waals surface area contributed by atoms with E-state index in [0.717, 1.165) is 18.4 Å². The van der Waals surface area contributed by atoms with Gasteiger partial charge in [-0.15, -0.1) is 0 Å². The molecule has 2 aliphatic rings. The quantitative estimate of drug-likeness (QED) is 0.800. The van der Waals surface area contributed by atoms with Crippen molar-refractivity contribution >= 4 is 5.91 Å². The fourth-order valence-electron chi connectivity index (χ4n) is 2.97. The van der Waals surface area contributed by atoms with Crippen LogP contribution in [0.15, 0.2) is 36.4 Å². The number of nitrogens with zero attached hydrogens (tertiary/aromatic N) is 1. The molecule has 0 aromatic heterocycles. The first-order valence-electron chi connectivity index (χ1n) is 7.54. The summed E-state index contributed by atoms with van der Waals surface area (Å²) in [6, 6.07) is 6.33. The number of rotatable bonds is 3. The molecule has 112 valence electrons. The zero-order valence-electron chi connectivity index (χ0n) is 12.0. The third-order valence-electron chi connectivity index (χ3n) is 4.21. The molecule has 0 spiro atoms. The van der Waals surface area contributed by atoms with Gasteiger partial charge in [0.1, 0.15) is 11.9 Å². The second-order valence-corrected chi connectivity index (χ2v) is 5.72. The Hall–Kier alpha value is -1.68. The van der Waals surface area contributed by atoms with Crippen molar-refractivity contribution in [3.05, 3.63) is 47.8 Å². The van der Waals surface area contributed by atoms with Gasteiger partial charge < -0.3 is 9.64 Å². The molecule has 1 amide bonds. The topological polar surface area (TPSA) is 29.5 Å². The van der Waals surface area contributed by atoms with E-state index in [2.05, 4.69) is 12.2 Å². The smallest absolute Gasteiger partial charge is 0.223 e. The number of halogens is 1. The fourth-order valence-corrected chi connectivity index (χ4v) is 2.97. The number of carbonyl (C=O) groups excluding carboxylic acids is 1. The first kappa shape index (κ1) is 14.3. The minimum atomic E-state index is -0.254. The maximum atomic E-state index is 13.0. The van der Waals surface area contributed by atoms with Crippen LogP contribution < -0.4 is 0 Å². The van der Waals surface area contributed by atoms with Gasteiger partial charge in [0.2, 0.25) is 5.91 Å². The molecule has 1 heterocycles. The normalized spacial score (nSPS) is 25.3. The van der Waals surface area contributed by atoms with Gasteiger partial charge in [0.15, 0.2) is 0 Å². The lowest BCUT2D eigenvalue weighted by Crippen LogP contribution is -2.42. The molecule has 1 aromatic carbocycles. The van der Waals surface area contributed by atoms with Crippen LogP contribution in [0, 0.1) is 11.7 Å². The third-order valence-corrected chi connectivity index (χ3v) is 4.21. The lowest BCUT2D eigenvalue weighted by Gasteiger charge is -2.33. The Kier molecular flexibility index (Phi) is 4.34. The van der Waals surface area contributed by atoms with Crippen LogP contribution in [0.1, 0.15) is 30.9 Å². The van der Waals surface area contributed by atoms with Crippen molar-refractivity contribution in [3.8, 4) is 0 Å². The minimum Gasteiger partial charge on any atom is -0.370 e. The van der Waals surface area contributed by atoms with Crippen LogP contribution in [0.25, 0.3) is 0 Å². The van der Waals surface area contributed by atoms with E-state index in [1.165, 1.54) is 12.1 Å². The van der Waals surface area contributed by atoms with Gasteiger partial charge in [0.05, 0.1) is 13.2 Å². The molecule has 1 saturated heterocycles. The van der Waals surface area contributed by atoms with Crippen LogP contribution in [0.5, 0.6) is 0 Å². The van der Waals surface area contributed by atoms with Gasteiger partial charge in [0.25, 0.3) is 0 Å². The van der Waals surface area contributed by atoms with E-state index < -0.39 is 0 Å². The minimum absolute atomic E-state index is 0.151. The van der Waals surface area contributed by atoms with Crippen molar-refractivity contribution in [2.45, 2.75) is 25.4 Å². The van der Waals surface area contributed by atoms with Crippen LogP contribution in [-0.2, 0) is 9.53 Å². The van der Waals surface area contributed by atoms with Crippen molar-refractivity contribution in [1.29, 1.82) is 0 Å². The maximum absolute atomic E-state index is 13.0. The first-order chi connectivity index (χ1) is 10.2. The average molecular weight is 289 g/mol. The Balaban J connectivity index is 1.60. The van der Waals surface area contributed by atoms with Crippen LogP contribution in [0.4, 0.5) is 4.39 Å². The summed E-state index contributed by atoms with van der Waals surface area (Å²) in [5, 5.41) is 0. The van der Waals surface area contributed by atoms with E-state index in [1.54, 1.807) is 12.1 Å². The summed E-state index contributed by atoms with van der Waals surface area (Å²) in [4.78, 5) is 14.2. The first-order valence-corrected chi connectivity index (χ1v) is 7.54. The van der Waals surface area contributed by atoms with Crippen LogP contribution in [0.3, 0.4) is 0 Å². The number of ether oxygens (including phenoxy) is 1. The number of allylic oxidation sites excluding steroid dienone is 2. The van der Waals surface area contributed by atoms with E-state index in [1.807, 2.05) is 4.90 Å². The second-order valence-electron chi connectivity index (χ2n) is 5.72. The molecular weight excluding hydrogens is 269 g/mol. The monoisotopic (exact) mass is 289 g/mol. The van der Waals surface area contributed by atoms with Gasteiger partial charge in [0, 0.05) is 13.0 Å². The van der Waals surface area contributed by atoms with Crippen LogP contribution in [-0.4, -0.2) is 30.5 Å². The molecule has 2 unspecified atom stereocenters. The second kappa shape index (κ2) is 6.39. The summed E-state index contributed by atoms with van der Waals surface area (Å²) >= 11 is 0. The SMILES string of the molecule is O=C(CC1C=CCC1)N1CCOC(c2ccc(F)cc2)C1. The highest BCUT2D eigenvalue weighted by atomic mass is 19.1. The summed E-state index contributed by atoms with van der Waals surface area (Å²) in [5.41, 5.74) is 0.926. The highest BCUT2D eigenvalue weighted by Gasteiger charge is 2.26. The Morgan fingerprint density at radius 2 is 2.14 bits per heavy atom. The van der Waals surface area contributed by atoms with Crippen molar-refractivity contribution in [2.24, 2.45) is 5.92 Å². The Morgan fingerprint density at radius 3 is 2.86 bits per heavy atom. The average Bonchev–Trinajstić information content (AvgIpc) is 3.01. The highest BCUT2D eigenvalue weighted by molar-refractivity contribution is 5.77. The molecule has 1 aliphatic heterocycles. The van der Waals surface area contributed by atoms with E-state index in [4.69, 9.17) is 4.74 Å². The van der Waals surface area contributed by atoms with Crippen molar-refractivity contribution in [1.82, 2.24) is 4.90 Å². The molecule has 0 saturated carbocycles. The molecule has 0 N–H and O–H groups in total. The van der Waals surface area contributed by atoms with Crippen molar-refractivity contribution in [2.75, 3.05) is 19.7 Å². The van der Waals surface area contributed by atoms with Gasteiger partial charge in [-0.2, -0.15) is 0 Å². The van der Waals surface area contributed by atoms with Gasteiger partial charge >= 0.3 is 0 Å². The van der Waals surface area contributed by atoms with E-state index in [-0.39, 0.29) is 17.8 Å². The van der Waals surface area contributed by atoms with Gasteiger partial charge in [-0.25, -0.2) is 4.39 Å². The number of hydrogen-bond donors (Lipinski definition) is 0. The maximum Gasteiger partial charge on any atom is 0.223 e. The summed E-state index contributed by atoms with van der Waals surface area (Å²) in [6.45, 7) is 1.74. The number of morpholine rings is 1. The largest absolute Gasteiger partial charge is 0.370 e. The fraction of sp³-hybridized carbons (Fsp3) is 0.471. The zero-order valence-corrected chi connectivity index (χ0v) is 12.0. The lowest BCUT2D eigenvalue weighted by molar-refractivity contribution is -0.139. The van der Waals surface area contributed by atoms with E-state index >= 15 is 0 Å². The summed E-state index contributed by atoms with van der Waals surface area (Å²) in [6.07, 6.45) is 6.90. The van der Waals surface area contributed by atoms with Crippen LogP contribution in [0.2, 0.25) is 0 Å². The molecule has 21 heavy (non-hydrogen) atoms. The predicted octanol–water partition coefficient (Wildman–Crippen LogP) is 3.08. The Morgan fingerprint density at radius 1 is 1.33 bits per heavy atom. The van der Waals surface area contributed by atoms with Gasteiger partial charge in [-0.05, 0) is 36.5 Å². The lowest BCUT2D eigenvalue weighted by atomic mass is 10.0. The highest BCUT2D eigenvalue weighted by Crippen LogP contribution is 2.25. The Bertz CT molecular complexity index is 526. The molecule has 4 heteroatoms. The van der Waals surface area contributed by atoms with Crippen LogP contribution >= 0.6 is 0 Å².